The van der Waals surface area contributed by atoms with Crippen LogP contribution in [0.4, 0.5) is 5.69 Å². The number of carbonyl (C=O) groups is 1. The lowest BCUT2D eigenvalue weighted by atomic mass is 10.1. The highest BCUT2D eigenvalue weighted by molar-refractivity contribution is 7.89. The minimum Gasteiger partial charge on any atom is -0.457 e. The third-order valence-electron chi connectivity index (χ3n) is 4.41. The maximum atomic E-state index is 12.4. The van der Waals surface area contributed by atoms with Crippen molar-refractivity contribution in [2.24, 2.45) is 0 Å². The van der Waals surface area contributed by atoms with Crippen LogP contribution >= 0.6 is 11.6 Å². The van der Waals surface area contributed by atoms with E-state index in [4.69, 9.17) is 16.3 Å². The average molecular weight is 460 g/mol. The molecule has 3 aromatic rings. The Labute approximate surface area is 184 Å². The molecule has 0 unspecified atom stereocenters. The second-order valence-corrected chi connectivity index (χ2v) is 9.30. The van der Waals surface area contributed by atoms with Crippen molar-refractivity contribution < 1.29 is 22.9 Å². The number of nitrogens with zero attached hydrogens (tertiary/aromatic N) is 1. The summed E-state index contributed by atoms with van der Waals surface area (Å²) in [4.78, 5) is 22.4. The van der Waals surface area contributed by atoms with E-state index >= 15 is 0 Å². The largest absolute Gasteiger partial charge is 0.457 e. The van der Waals surface area contributed by atoms with Crippen LogP contribution in [0.15, 0.2) is 72.8 Å². The van der Waals surface area contributed by atoms with Gasteiger partial charge in [0.15, 0.2) is 9.84 Å². The van der Waals surface area contributed by atoms with Gasteiger partial charge in [-0.15, -0.1) is 0 Å². The molecule has 0 aliphatic carbocycles. The van der Waals surface area contributed by atoms with Crippen LogP contribution in [0.3, 0.4) is 0 Å². The third kappa shape index (κ3) is 6.37. The standard InChI is InChI=1S/C22H18ClNO6S/c23-21-12-20(24(26)27)11-10-19(21)13-30-22(25)18-8-6-17(7-9-18)15-31(28,29)14-16-4-2-1-3-5-16/h1-12H,13-15H2. The molecule has 0 heterocycles. The van der Waals surface area contributed by atoms with Gasteiger partial charge in [0.25, 0.3) is 5.69 Å². The average Bonchev–Trinajstić information content (AvgIpc) is 2.73. The number of nitro groups is 1. The molecule has 0 N–H and O–H groups in total. The molecule has 3 aromatic carbocycles. The molecule has 9 heteroatoms. The number of hydrogen-bond acceptors (Lipinski definition) is 6. The molecule has 0 spiro atoms. The molecule has 0 saturated heterocycles. The van der Waals surface area contributed by atoms with Gasteiger partial charge in [-0.05, 0) is 29.3 Å². The van der Waals surface area contributed by atoms with E-state index in [0.29, 0.717) is 16.7 Å². The second-order valence-electron chi connectivity index (χ2n) is 6.82. The van der Waals surface area contributed by atoms with Crippen molar-refractivity contribution >= 4 is 33.1 Å². The monoisotopic (exact) mass is 459 g/mol. The highest BCUT2D eigenvalue weighted by atomic mass is 35.5. The molecule has 31 heavy (non-hydrogen) atoms. The highest BCUT2D eigenvalue weighted by Gasteiger charge is 2.15. The summed E-state index contributed by atoms with van der Waals surface area (Å²) in [5.74, 6) is -0.823. The number of ether oxygens (including phenoxy) is 1. The number of halogens is 1. The Bertz CT molecular complexity index is 1190. The third-order valence-corrected chi connectivity index (χ3v) is 6.31. The van der Waals surface area contributed by atoms with Crippen LogP contribution in [0.1, 0.15) is 27.0 Å². The fourth-order valence-electron chi connectivity index (χ4n) is 2.86. The smallest absolute Gasteiger partial charge is 0.338 e. The quantitative estimate of drug-likeness (QED) is 0.274. The van der Waals surface area contributed by atoms with Crippen molar-refractivity contribution in [3.8, 4) is 0 Å². The summed E-state index contributed by atoms with van der Waals surface area (Å²) in [5.41, 5.74) is 1.81. The first kappa shape index (κ1) is 22.5. The molecule has 0 saturated carbocycles. The lowest BCUT2D eigenvalue weighted by Gasteiger charge is -2.08. The Morgan fingerprint density at radius 1 is 0.935 bits per heavy atom. The first-order chi connectivity index (χ1) is 14.7. The molecule has 0 aromatic heterocycles. The number of rotatable bonds is 8. The van der Waals surface area contributed by atoms with Crippen molar-refractivity contribution in [2.75, 3.05) is 0 Å². The highest BCUT2D eigenvalue weighted by Crippen LogP contribution is 2.23. The van der Waals surface area contributed by atoms with Gasteiger partial charge in [-0.2, -0.15) is 0 Å². The number of sulfone groups is 1. The summed E-state index contributed by atoms with van der Waals surface area (Å²) in [5, 5.41) is 10.9. The summed E-state index contributed by atoms with van der Waals surface area (Å²) in [7, 11) is -3.36. The molecule has 7 nitrogen and oxygen atoms in total. The van der Waals surface area contributed by atoms with E-state index in [0.717, 1.165) is 0 Å². The van der Waals surface area contributed by atoms with E-state index in [1.807, 2.05) is 6.07 Å². The Balaban J connectivity index is 1.59. The number of esters is 1. The van der Waals surface area contributed by atoms with Gasteiger partial charge in [0.05, 0.1) is 27.0 Å². The van der Waals surface area contributed by atoms with Crippen LogP contribution in [-0.4, -0.2) is 19.3 Å². The number of hydrogen-bond donors (Lipinski definition) is 0. The van der Waals surface area contributed by atoms with Crippen molar-refractivity contribution in [3.63, 3.8) is 0 Å². The molecule has 0 atom stereocenters. The Morgan fingerprint density at radius 2 is 1.55 bits per heavy atom. The zero-order valence-corrected chi connectivity index (χ0v) is 17.8. The molecule has 0 fully saturated rings. The van der Waals surface area contributed by atoms with Crippen molar-refractivity contribution in [1.82, 2.24) is 0 Å². The molecule has 0 amide bonds. The minimum atomic E-state index is -3.36. The van der Waals surface area contributed by atoms with Gasteiger partial charge < -0.3 is 4.74 Å². The molecule has 0 bridgehead atoms. The number of non-ortho nitro benzene ring substituents is 1. The Kier molecular flexibility index (Phi) is 7.04. The van der Waals surface area contributed by atoms with Crippen molar-refractivity contribution in [2.45, 2.75) is 18.1 Å². The Hall–Kier alpha value is -3.23. The van der Waals surface area contributed by atoms with Gasteiger partial charge in [-0.1, -0.05) is 54.1 Å². The van der Waals surface area contributed by atoms with Gasteiger partial charge in [0.2, 0.25) is 0 Å². The fourth-order valence-corrected chi connectivity index (χ4v) is 4.60. The topological polar surface area (TPSA) is 104 Å². The zero-order chi connectivity index (χ0) is 22.4. The lowest BCUT2D eigenvalue weighted by molar-refractivity contribution is -0.384. The molecule has 0 aliphatic rings. The van der Waals surface area contributed by atoms with E-state index in [1.54, 1.807) is 36.4 Å². The molecule has 160 valence electrons. The van der Waals surface area contributed by atoms with Crippen LogP contribution < -0.4 is 0 Å². The number of benzene rings is 3. The maximum Gasteiger partial charge on any atom is 0.338 e. The first-order valence-corrected chi connectivity index (χ1v) is 11.4. The van der Waals surface area contributed by atoms with Crippen LogP contribution in [0.5, 0.6) is 0 Å². The summed E-state index contributed by atoms with van der Waals surface area (Å²) in [6.45, 7) is -0.150. The summed E-state index contributed by atoms with van der Waals surface area (Å²) >= 11 is 5.99. The molecular formula is C22H18ClNO6S. The maximum absolute atomic E-state index is 12.4. The second kappa shape index (κ2) is 9.72. The van der Waals surface area contributed by atoms with Gasteiger partial charge in [0, 0.05) is 17.7 Å². The van der Waals surface area contributed by atoms with E-state index in [-0.39, 0.29) is 34.4 Å². The fraction of sp³-hybridized carbons (Fsp3) is 0.136. The molecule has 0 aliphatic heterocycles. The normalized spacial score (nSPS) is 11.1. The first-order valence-electron chi connectivity index (χ1n) is 9.17. The van der Waals surface area contributed by atoms with Gasteiger partial charge in [-0.25, -0.2) is 13.2 Å². The number of carbonyl (C=O) groups excluding carboxylic acids is 1. The van der Waals surface area contributed by atoms with Crippen LogP contribution in [0, 0.1) is 10.1 Å². The van der Waals surface area contributed by atoms with E-state index in [1.165, 1.54) is 30.3 Å². The van der Waals surface area contributed by atoms with Gasteiger partial charge >= 0.3 is 5.97 Å². The van der Waals surface area contributed by atoms with Crippen LogP contribution in [0.2, 0.25) is 5.02 Å². The van der Waals surface area contributed by atoms with Crippen molar-refractivity contribution in [3.05, 3.63) is 110 Å². The lowest BCUT2D eigenvalue weighted by Crippen LogP contribution is -2.09. The molecule has 3 rings (SSSR count). The predicted octanol–water partition coefficient (Wildman–Crippen LogP) is 4.72. The minimum absolute atomic E-state index is 0.0619. The summed E-state index contributed by atoms with van der Waals surface area (Å²) in [6.07, 6.45) is 0. The summed E-state index contributed by atoms with van der Waals surface area (Å²) in [6, 6.07) is 18.9. The van der Waals surface area contributed by atoms with E-state index in [9.17, 15) is 23.3 Å². The Morgan fingerprint density at radius 3 is 2.13 bits per heavy atom. The molecule has 0 radical (unpaired) electrons. The predicted molar refractivity (Wildman–Crippen MR) is 116 cm³/mol. The summed E-state index contributed by atoms with van der Waals surface area (Å²) < 4.78 is 30.0. The zero-order valence-electron chi connectivity index (χ0n) is 16.2. The number of nitro benzene ring substituents is 1. The van der Waals surface area contributed by atoms with Gasteiger partial charge in [-0.3, -0.25) is 10.1 Å². The van der Waals surface area contributed by atoms with Crippen molar-refractivity contribution in [1.29, 1.82) is 0 Å². The van der Waals surface area contributed by atoms with E-state index in [2.05, 4.69) is 0 Å². The molecular weight excluding hydrogens is 442 g/mol. The SMILES string of the molecule is O=C(OCc1ccc([N+](=O)[O-])cc1Cl)c1ccc(CS(=O)(=O)Cc2ccccc2)cc1. The van der Waals surface area contributed by atoms with Crippen LogP contribution in [-0.2, 0) is 32.7 Å². The van der Waals surface area contributed by atoms with E-state index < -0.39 is 20.7 Å². The van der Waals surface area contributed by atoms with Crippen LogP contribution in [0.25, 0.3) is 0 Å². The van der Waals surface area contributed by atoms with Gasteiger partial charge in [0.1, 0.15) is 6.61 Å².